The topological polar surface area (TPSA) is 105 Å². The number of rotatable bonds is 10. The van der Waals surface area contributed by atoms with Crippen molar-refractivity contribution in [3.05, 3.63) is 29.8 Å². The third-order valence-corrected chi connectivity index (χ3v) is 7.37. The van der Waals surface area contributed by atoms with E-state index in [4.69, 9.17) is 4.74 Å². The second-order valence-electron chi connectivity index (χ2n) is 10.1. The van der Waals surface area contributed by atoms with Crippen LogP contribution in [-0.2, 0) is 24.3 Å². The summed E-state index contributed by atoms with van der Waals surface area (Å²) >= 11 is 0. The fraction of sp³-hybridized carbons (Fsp3) is 0.667. The molecule has 8 nitrogen and oxygen atoms in total. The van der Waals surface area contributed by atoms with E-state index in [-0.39, 0.29) is 29.3 Å². The quantitative estimate of drug-likeness (QED) is 0.498. The van der Waals surface area contributed by atoms with Gasteiger partial charge < -0.3 is 15.4 Å². The Morgan fingerprint density at radius 1 is 1.18 bits per heavy atom. The van der Waals surface area contributed by atoms with Gasteiger partial charge >= 0.3 is 5.97 Å². The SMILES string of the molecule is Cc1ccc(S(=O)(=O)N2CCCC2CN[C@@H](CC(C)C)C(=O)NCC(=O)OC(C)(C)C)cc1. The lowest BCUT2D eigenvalue weighted by molar-refractivity contribution is -0.154. The lowest BCUT2D eigenvalue weighted by Gasteiger charge is -2.27. The van der Waals surface area contributed by atoms with E-state index in [9.17, 15) is 18.0 Å². The lowest BCUT2D eigenvalue weighted by Crippen LogP contribution is -2.51. The number of hydrogen-bond acceptors (Lipinski definition) is 6. The molecule has 1 fully saturated rings. The van der Waals surface area contributed by atoms with Crippen molar-refractivity contribution in [2.24, 2.45) is 5.92 Å². The Kier molecular flexibility index (Phi) is 9.46. The number of benzene rings is 1. The minimum atomic E-state index is -3.60. The van der Waals surface area contributed by atoms with Gasteiger partial charge in [-0.3, -0.25) is 9.59 Å². The van der Waals surface area contributed by atoms with Crippen molar-refractivity contribution in [1.82, 2.24) is 14.9 Å². The van der Waals surface area contributed by atoms with Crippen molar-refractivity contribution in [2.75, 3.05) is 19.6 Å². The van der Waals surface area contributed by atoms with Gasteiger partial charge in [-0.2, -0.15) is 4.31 Å². The molecular formula is C24H39N3O5S. The van der Waals surface area contributed by atoms with Gasteiger partial charge in [0.05, 0.1) is 10.9 Å². The highest BCUT2D eigenvalue weighted by atomic mass is 32.2. The van der Waals surface area contributed by atoms with E-state index in [0.29, 0.717) is 19.5 Å². The Balaban J connectivity index is 2.01. The molecular weight excluding hydrogens is 442 g/mol. The van der Waals surface area contributed by atoms with Gasteiger partial charge in [0.15, 0.2) is 0 Å². The van der Waals surface area contributed by atoms with Gasteiger partial charge in [-0.25, -0.2) is 8.42 Å². The second kappa shape index (κ2) is 11.4. The standard InChI is InChI=1S/C24H39N3O5S/c1-17(2)14-21(23(29)26-16-22(28)32-24(4,5)6)25-15-19-8-7-13-27(19)33(30,31)20-11-9-18(3)10-12-20/h9-12,17,19,21,25H,7-8,13-16H2,1-6H3,(H,26,29)/t19?,21-/m0/s1. The molecule has 0 spiro atoms. The zero-order valence-electron chi connectivity index (χ0n) is 20.7. The minimum Gasteiger partial charge on any atom is -0.459 e. The van der Waals surface area contributed by atoms with E-state index in [1.807, 2.05) is 20.8 Å². The Morgan fingerprint density at radius 2 is 1.82 bits per heavy atom. The van der Waals surface area contributed by atoms with Gasteiger partial charge in [0.1, 0.15) is 12.1 Å². The number of carbonyl (C=O) groups excluding carboxylic acids is 2. The van der Waals surface area contributed by atoms with Gasteiger partial charge in [0.2, 0.25) is 15.9 Å². The highest BCUT2D eigenvalue weighted by Crippen LogP contribution is 2.26. The first-order chi connectivity index (χ1) is 15.3. The predicted molar refractivity (Wildman–Crippen MR) is 128 cm³/mol. The van der Waals surface area contributed by atoms with E-state index >= 15 is 0 Å². The smallest absolute Gasteiger partial charge is 0.325 e. The summed E-state index contributed by atoms with van der Waals surface area (Å²) in [6.07, 6.45) is 2.07. The summed E-state index contributed by atoms with van der Waals surface area (Å²) in [6, 6.07) is 6.10. The van der Waals surface area contributed by atoms with E-state index in [2.05, 4.69) is 10.6 Å². The molecule has 2 atom stereocenters. The summed E-state index contributed by atoms with van der Waals surface area (Å²) < 4.78 is 33.1. The molecule has 0 aliphatic carbocycles. The van der Waals surface area contributed by atoms with Crippen LogP contribution in [0.2, 0.25) is 0 Å². The normalized spacial score (nSPS) is 18.3. The number of hydrogen-bond donors (Lipinski definition) is 2. The number of sulfonamides is 1. The monoisotopic (exact) mass is 481 g/mol. The van der Waals surface area contributed by atoms with Crippen molar-refractivity contribution in [3.63, 3.8) is 0 Å². The molecule has 0 bridgehead atoms. The molecule has 33 heavy (non-hydrogen) atoms. The molecule has 1 aliphatic heterocycles. The Hall–Kier alpha value is -1.97. The molecule has 1 aliphatic rings. The molecule has 9 heteroatoms. The number of nitrogens with one attached hydrogen (secondary N) is 2. The van der Waals surface area contributed by atoms with E-state index in [1.165, 1.54) is 4.31 Å². The summed E-state index contributed by atoms with van der Waals surface area (Å²) in [5.74, 6) is -0.545. The van der Waals surface area contributed by atoms with E-state index < -0.39 is 27.6 Å². The maximum atomic E-state index is 13.2. The van der Waals surface area contributed by atoms with Crippen LogP contribution in [0.25, 0.3) is 0 Å². The van der Waals surface area contributed by atoms with Crippen LogP contribution < -0.4 is 10.6 Å². The third-order valence-electron chi connectivity index (χ3n) is 5.40. The van der Waals surface area contributed by atoms with Crippen LogP contribution in [-0.4, -0.2) is 61.9 Å². The molecule has 2 N–H and O–H groups in total. The molecule has 1 saturated heterocycles. The Morgan fingerprint density at radius 3 is 2.39 bits per heavy atom. The lowest BCUT2D eigenvalue weighted by atomic mass is 10.0. The Labute approximate surface area is 198 Å². The molecule has 0 saturated carbocycles. The summed E-state index contributed by atoms with van der Waals surface area (Å²) in [4.78, 5) is 25.0. The number of ether oxygens (including phenoxy) is 1. The van der Waals surface area contributed by atoms with Gasteiger partial charge in [-0.1, -0.05) is 31.5 Å². The number of carbonyl (C=O) groups is 2. The van der Waals surface area contributed by atoms with Gasteiger partial charge in [-0.15, -0.1) is 0 Å². The van der Waals surface area contributed by atoms with Crippen molar-refractivity contribution in [3.8, 4) is 0 Å². The largest absolute Gasteiger partial charge is 0.459 e. The zero-order valence-corrected chi connectivity index (χ0v) is 21.5. The number of amides is 1. The van der Waals surface area contributed by atoms with Crippen LogP contribution in [0, 0.1) is 12.8 Å². The maximum Gasteiger partial charge on any atom is 0.325 e. The maximum absolute atomic E-state index is 13.2. The predicted octanol–water partition coefficient (Wildman–Crippen LogP) is 2.61. The van der Waals surface area contributed by atoms with Crippen LogP contribution in [0.5, 0.6) is 0 Å². The van der Waals surface area contributed by atoms with E-state index in [0.717, 1.165) is 18.4 Å². The molecule has 1 aromatic rings. The molecule has 0 aromatic heterocycles. The van der Waals surface area contributed by atoms with Crippen molar-refractivity contribution in [2.45, 2.75) is 83.4 Å². The summed E-state index contributed by atoms with van der Waals surface area (Å²) in [7, 11) is -3.60. The number of nitrogens with zero attached hydrogens (tertiary/aromatic N) is 1. The summed E-state index contributed by atoms with van der Waals surface area (Å²) in [5.41, 5.74) is 0.384. The molecule has 1 unspecified atom stereocenters. The van der Waals surface area contributed by atoms with Gasteiger partial charge in [-0.05, 0) is 65.0 Å². The highest BCUT2D eigenvalue weighted by Gasteiger charge is 2.36. The van der Waals surface area contributed by atoms with Crippen molar-refractivity contribution < 1.29 is 22.7 Å². The van der Waals surface area contributed by atoms with Crippen LogP contribution in [0.15, 0.2) is 29.2 Å². The fourth-order valence-electron chi connectivity index (χ4n) is 3.87. The summed E-state index contributed by atoms with van der Waals surface area (Å²) in [6.45, 7) is 11.9. The zero-order chi connectivity index (χ0) is 24.8. The average molecular weight is 482 g/mol. The van der Waals surface area contributed by atoms with Crippen molar-refractivity contribution >= 4 is 21.9 Å². The van der Waals surface area contributed by atoms with Crippen LogP contribution in [0.1, 0.15) is 59.4 Å². The minimum absolute atomic E-state index is 0.205. The first-order valence-electron chi connectivity index (χ1n) is 11.6. The molecule has 1 aromatic carbocycles. The number of esters is 1. The third kappa shape index (κ3) is 8.39. The average Bonchev–Trinajstić information content (AvgIpc) is 3.17. The van der Waals surface area contributed by atoms with Gasteiger partial charge in [0, 0.05) is 19.1 Å². The molecule has 2 rings (SSSR count). The van der Waals surface area contributed by atoms with Crippen molar-refractivity contribution in [1.29, 1.82) is 0 Å². The first-order valence-corrected chi connectivity index (χ1v) is 13.0. The van der Waals surface area contributed by atoms with Crippen LogP contribution in [0.3, 0.4) is 0 Å². The molecule has 1 heterocycles. The Bertz CT molecular complexity index is 907. The molecule has 0 radical (unpaired) electrons. The summed E-state index contributed by atoms with van der Waals surface area (Å²) in [5, 5.41) is 5.91. The van der Waals surface area contributed by atoms with Crippen LogP contribution >= 0.6 is 0 Å². The second-order valence-corrected chi connectivity index (χ2v) is 12.0. The van der Waals surface area contributed by atoms with E-state index in [1.54, 1.807) is 45.0 Å². The number of aryl methyl sites for hydroxylation is 1. The highest BCUT2D eigenvalue weighted by molar-refractivity contribution is 7.89. The first kappa shape index (κ1) is 27.3. The van der Waals surface area contributed by atoms with Crippen LogP contribution in [0.4, 0.5) is 0 Å². The molecule has 186 valence electrons. The van der Waals surface area contributed by atoms with Gasteiger partial charge in [0.25, 0.3) is 0 Å². The fourth-order valence-corrected chi connectivity index (χ4v) is 5.56. The molecule has 1 amide bonds.